The van der Waals surface area contributed by atoms with Crippen LogP contribution in [0, 0.1) is 17.6 Å². The zero-order valence-electron chi connectivity index (χ0n) is 15.1. The summed E-state index contributed by atoms with van der Waals surface area (Å²) in [4.78, 5) is 0. The second-order valence-corrected chi connectivity index (χ2v) is 7.23. The lowest BCUT2D eigenvalue weighted by Gasteiger charge is -2.22. The zero-order chi connectivity index (χ0) is 17.2. The highest BCUT2D eigenvalue weighted by Crippen LogP contribution is 2.34. The molecule has 0 aliphatic heterocycles. The summed E-state index contributed by atoms with van der Waals surface area (Å²) in [6, 6.07) is 4.48. The number of allylic oxidation sites excluding steroid dienone is 2. The third kappa shape index (κ3) is 6.03. The van der Waals surface area contributed by atoms with Crippen LogP contribution < -0.4 is 0 Å². The smallest absolute Gasteiger partial charge is 0.166 e. The predicted molar refractivity (Wildman–Crippen MR) is 98.9 cm³/mol. The molecule has 2 heteroatoms. The minimum atomic E-state index is -0.741. The first-order valence-electron chi connectivity index (χ1n) is 9.85. The molecule has 1 aliphatic carbocycles. The van der Waals surface area contributed by atoms with Gasteiger partial charge in [-0.2, -0.15) is 0 Å². The Morgan fingerprint density at radius 3 is 2.33 bits per heavy atom. The van der Waals surface area contributed by atoms with Crippen LogP contribution in [-0.2, 0) is 0 Å². The summed E-state index contributed by atoms with van der Waals surface area (Å²) in [7, 11) is 0. The van der Waals surface area contributed by atoms with Crippen molar-refractivity contribution in [2.24, 2.45) is 5.92 Å². The molecule has 0 saturated heterocycles. The van der Waals surface area contributed by atoms with Crippen molar-refractivity contribution >= 4 is 5.57 Å². The zero-order valence-corrected chi connectivity index (χ0v) is 15.1. The van der Waals surface area contributed by atoms with Gasteiger partial charge in [0, 0.05) is 5.56 Å². The Kier molecular flexibility index (Phi) is 8.49. The van der Waals surface area contributed by atoms with Gasteiger partial charge in [0.1, 0.15) is 0 Å². The topological polar surface area (TPSA) is 0 Å². The molecular formula is C22H32F2. The van der Waals surface area contributed by atoms with Crippen LogP contribution >= 0.6 is 0 Å². The fourth-order valence-corrected chi connectivity index (χ4v) is 3.71. The van der Waals surface area contributed by atoms with E-state index in [1.807, 2.05) is 0 Å². The van der Waals surface area contributed by atoms with E-state index in [9.17, 15) is 8.78 Å². The van der Waals surface area contributed by atoms with Crippen molar-refractivity contribution in [2.45, 2.75) is 84.0 Å². The van der Waals surface area contributed by atoms with Gasteiger partial charge in [0.15, 0.2) is 11.6 Å². The van der Waals surface area contributed by atoms with E-state index in [0.29, 0.717) is 5.56 Å². The van der Waals surface area contributed by atoms with Gasteiger partial charge in [-0.05, 0) is 36.8 Å². The Balaban J connectivity index is 1.65. The van der Waals surface area contributed by atoms with Crippen LogP contribution in [0.1, 0.15) is 89.5 Å². The SMILES string of the molecule is CCCCCCCCCCC1CC=C(c2cccc(F)c2F)CC1. The maximum absolute atomic E-state index is 13.9. The standard InChI is InChI=1S/C22H32F2/c1-2-3-4-5-6-7-8-9-11-18-14-16-19(17-15-18)20-12-10-13-21(23)22(20)24/h10,12-13,16,18H,2-9,11,14-15,17H2,1H3. The van der Waals surface area contributed by atoms with E-state index >= 15 is 0 Å². The summed E-state index contributed by atoms with van der Waals surface area (Å²) >= 11 is 0. The molecule has 1 atom stereocenters. The first-order valence-corrected chi connectivity index (χ1v) is 9.85. The van der Waals surface area contributed by atoms with Crippen molar-refractivity contribution in [3.8, 4) is 0 Å². The number of halogens is 2. The van der Waals surface area contributed by atoms with Crippen LogP contribution in [0.2, 0.25) is 0 Å². The maximum atomic E-state index is 13.9. The van der Waals surface area contributed by atoms with Gasteiger partial charge in [-0.1, -0.05) is 82.9 Å². The lowest BCUT2D eigenvalue weighted by Crippen LogP contribution is -2.06. The van der Waals surface area contributed by atoms with Gasteiger partial charge in [0.25, 0.3) is 0 Å². The number of unbranched alkanes of at least 4 members (excludes halogenated alkanes) is 7. The van der Waals surface area contributed by atoms with Crippen LogP contribution in [0.4, 0.5) is 8.78 Å². The van der Waals surface area contributed by atoms with Crippen LogP contribution in [0.3, 0.4) is 0 Å². The predicted octanol–water partition coefficient (Wildman–Crippen LogP) is 7.68. The average Bonchev–Trinajstić information content (AvgIpc) is 2.60. The molecule has 0 N–H and O–H groups in total. The van der Waals surface area contributed by atoms with E-state index in [4.69, 9.17) is 0 Å². The molecule has 0 nitrogen and oxygen atoms in total. The third-order valence-corrected chi connectivity index (χ3v) is 5.28. The van der Waals surface area contributed by atoms with Crippen molar-refractivity contribution in [3.63, 3.8) is 0 Å². The molecule has 0 heterocycles. The maximum Gasteiger partial charge on any atom is 0.166 e. The average molecular weight is 334 g/mol. The van der Waals surface area contributed by atoms with E-state index in [-0.39, 0.29) is 0 Å². The normalized spacial score (nSPS) is 17.8. The van der Waals surface area contributed by atoms with Crippen molar-refractivity contribution in [2.75, 3.05) is 0 Å². The van der Waals surface area contributed by atoms with Crippen LogP contribution in [0.5, 0.6) is 0 Å². The lowest BCUT2D eigenvalue weighted by atomic mass is 9.83. The fraction of sp³-hybridized carbons (Fsp3) is 0.636. The largest absolute Gasteiger partial charge is 0.204 e. The van der Waals surface area contributed by atoms with E-state index in [0.717, 1.165) is 30.8 Å². The highest BCUT2D eigenvalue weighted by atomic mass is 19.2. The molecule has 1 aromatic rings. The molecule has 134 valence electrons. The monoisotopic (exact) mass is 334 g/mol. The molecule has 0 spiro atoms. The van der Waals surface area contributed by atoms with Crippen molar-refractivity contribution < 1.29 is 8.78 Å². The van der Waals surface area contributed by atoms with Crippen LogP contribution in [-0.4, -0.2) is 0 Å². The summed E-state index contributed by atoms with van der Waals surface area (Å²) < 4.78 is 27.2. The van der Waals surface area contributed by atoms with Crippen LogP contribution in [0.15, 0.2) is 24.3 Å². The highest BCUT2D eigenvalue weighted by Gasteiger charge is 2.18. The van der Waals surface area contributed by atoms with Gasteiger partial charge in [-0.25, -0.2) is 8.78 Å². The first-order chi connectivity index (χ1) is 11.7. The number of benzene rings is 1. The Bertz CT molecular complexity index is 519. The van der Waals surface area contributed by atoms with Crippen LogP contribution in [0.25, 0.3) is 5.57 Å². The summed E-state index contributed by atoms with van der Waals surface area (Å²) in [5, 5.41) is 0. The molecule has 0 amide bonds. The van der Waals surface area contributed by atoms with Gasteiger partial charge in [-0.15, -0.1) is 0 Å². The summed E-state index contributed by atoms with van der Waals surface area (Å²) in [5.74, 6) is -0.704. The van der Waals surface area contributed by atoms with Crippen molar-refractivity contribution in [3.05, 3.63) is 41.5 Å². The molecule has 0 bridgehead atoms. The molecule has 1 aromatic carbocycles. The molecule has 0 aromatic heterocycles. The molecule has 0 saturated carbocycles. The van der Waals surface area contributed by atoms with E-state index in [1.54, 1.807) is 12.1 Å². The minimum Gasteiger partial charge on any atom is -0.204 e. The van der Waals surface area contributed by atoms with Gasteiger partial charge in [0.2, 0.25) is 0 Å². The van der Waals surface area contributed by atoms with Gasteiger partial charge < -0.3 is 0 Å². The Morgan fingerprint density at radius 2 is 1.67 bits per heavy atom. The first kappa shape index (κ1) is 19.1. The quantitative estimate of drug-likeness (QED) is 0.385. The molecular weight excluding hydrogens is 302 g/mol. The summed E-state index contributed by atoms with van der Waals surface area (Å²) in [5.41, 5.74) is 1.44. The van der Waals surface area contributed by atoms with Crippen molar-refractivity contribution in [1.29, 1.82) is 0 Å². The van der Waals surface area contributed by atoms with Crippen molar-refractivity contribution in [1.82, 2.24) is 0 Å². The van der Waals surface area contributed by atoms with Gasteiger partial charge in [-0.3, -0.25) is 0 Å². The molecule has 2 rings (SSSR count). The molecule has 0 fully saturated rings. The second-order valence-electron chi connectivity index (χ2n) is 7.23. The Hall–Kier alpha value is -1.18. The van der Waals surface area contributed by atoms with Gasteiger partial charge >= 0.3 is 0 Å². The fourth-order valence-electron chi connectivity index (χ4n) is 3.71. The molecule has 0 radical (unpaired) electrons. The Labute approximate surface area is 146 Å². The highest BCUT2D eigenvalue weighted by molar-refractivity contribution is 5.66. The van der Waals surface area contributed by atoms with E-state index in [1.165, 1.54) is 63.9 Å². The number of rotatable bonds is 10. The third-order valence-electron chi connectivity index (χ3n) is 5.28. The second kappa shape index (κ2) is 10.6. The van der Waals surface area contributed by atoms with E-state index in [2.05, 4.69) is 13.0 Å². The van der Waals surface area contributed by atoms with E-state index < -0.39 is 11.6 Å². The minimum absolute atomic E-state index is 0.459. The number of hydrogen-bond acceptors (Lipinski definition) is 0. The Morgan fingerprint density at radius 1 is 0.958 bits per heavy atom. The summed E-state index contributed by atoms with van der Waals surface area (Å²) in [6.07, 6.45) is 17.3. The molecule has 1 aliphatic rings. The number of hydrogen-bond donors (Lipinski definition) is 0. The summed E-state index contributed by atoms with van der Waals surface area (Å²) in [6.45, 7) is 2.26. The molecule has 24 heavy (non-hydrogen) atoms. The lowest BCUT2D eigenvalue weighted by molar-refractivity contribution is 0.421. The molecule has 1 unspecified atom stereocenters. The van der Waals surface area contributed by atoms with Gasteiger partial charge in [0.05, 0.1) is 0 Å².